The lowest BCUT2D eigenvalue weighted by atomic mass is 9.83. The minimum Gasteiger partial charge on any atom is -0.396 e. The van der Waals surface area contributed by atoms with E-state index >= 15 is 0 Å². The third-order valence-electron chi connectivity index (χ3n) is 3.40. The van der Waals surface area contributed by atoms with Gasteiger partial charge >= 0.3 is 11.9 Å². The van der Waals surface area contributed by atoms with E-state index in [4.69, 9.17) is 10.2 Å². The lowest BCUT2D eigenvalue weighted by Gasteiger charge is -2.25. The van der Waals surface area contributed by atoms with Crippen LogP contribution in [-0.4, -0.2) is 35.4 Å². The normalized spacial score (nSPS) is 19.8. The third-order valence-corrected chi connectivity index (χ3v) is 3.40. The van der Waals surface area contributed by atoms with Gasteiger partial charge in [-0.15, -0.1) is 0 Å². The summed E-state index contributed by atoms with van der Waals surface area (Å²) in [5.41, 5.74) is 0.262. The predicted octanol–water partition coefficient (Wildman–Crippen LogP) is 1.85. The second-order valence-corrected chi connectivity index (χ2v) is 5.62. The number of carbonyl (C=O) groups excluding carboxylic acids is 2. The van der Waals surface area contributed by atoms with E-state index in [1.807, 2.05) is 0 Å². The van der Waals surface area contributed by atoms with Crippen molar-refractivity contribution in [3.05, 3.63) is 24.3 Å². The standard InChI is InChI=1S/C8H10O5.C8H16O2/c1-5(2)7(9)11-13-12-8(10)6(3)4;9-5-7-1-2-8(6-10)4-3-7/h1,3H2,2,4H3;7-10H,1-6H2. The average Bonchev–Trinajstić information content (AvgIpc) is 2.55. The zero-order valence-corrected chi connectivity index (χ0v) is 13.7. The molecule has 1 aliphatic rings. The van der Waals surface area contributed by atoms with Gasteiger partial charge < -0.3 is 10.2 Å². The van der Waals surface area contributed by atoms with Gasteiger partial charge in [-0.3, -0.25) is 9.78 Å². The minimum absolute atomic E-state index is 0.131. The first kappa shape index (κ1) is 21.3. The fourth-order valence-corrected chi connectivity index (χ4v) is 1.82. The van der Waals surface area contributed by atoms with Crippen molar-refractivity contribution in [3.63, 3.8) is 0 Å². The van der Waals surface area contributed by atoms with Gasteiger partial charge in [0.25, 0.3) is 0 Å². The van der Waals surface area contributed by atoms with Crippen LogP contribution in [0.5, 0.6) is 0 Å². The van der Waals surface area contributed by atoms with Crippen molar-refractivity contribution in [3.8, 4) is 0 Å². The molecule has 0 atom stereocenters. The number of hydrogen-bond acceptors (Lipinski definition) is 7. The molecule has 0 aromatic rings. The highest BCUT2D eigenvalue weighted by Gasteiger charge is 2.19. The van der Waals surface area contributed by atoms with Gasteiger partial charge in [-0.2, -0.15) is 0 Å². The molecule has 1 aliphatic carbocycles. The van der Waals surface area contributed by atoms with Gasteiger partial charge in [-0.1, -0.05) is 13.2 Å². The Balaban J connectivity index is 0.000000433. The van der Waals surface area contributed by atoms with Crippen molar-refractivity contribution in [2.24, 2.45) is 11.8 Å². The van der Waals surface area contributed by atoms with Crippen molar-refractivity contribution in [2.45, 2.75) is 39.5 Å². The van der Waals surface area contributed by atoms with Gasteiger partial charge in [0.2, 0.25) is 0 Å². The number of rotatable bonds is 6. The molecule has 1 rings (SSSR count). The van der Waals surface area contributed by atoms with Gasteiger partial charge in [-0.25, -0.2) is 9.59 Å². The van der Waals surface area contributed by atoms with E-state index in [0.29, 0.717) is 25.0 Å². The molecule has 0 aromatic carbocycles. The van der Waals surface area contributed by atoms with Gasteiger partial charge in [-0.05, 0) is 51.4 Å². The summed E-state index contributed by atoms with van der Waals surface area (Å²) in [7, 11) is 0. The first-order valence-electron chi connectivity index (χ1n) is 7.44. The summed E-state index contributed by atoms with van der Waals surface area (Å²) < 4.78 is 0. The minimum atomic E-state index is -0.811. The Bertz CT molecular complexity index is 371. The summed E-state index contributed by atoms with van der Waals surface area (Å²) in [6, 6.07) is 0. The van der Waals surface area contributed by atoms with E-state index in [9.17, 15) is 9.59 Å². The quantitative estimate of drug-likeness (QED) is 0.435. The van der Waals surface area contributed by atoms with Crippen LogP contribution in [0.4, 0.5) is 0 Å². The number of carbonyl (C=O) groups is 2. The first-order chi connectivity index (χ1) is 10.8. The molecule has 0 spiro atoms. The summed E-state index contributed by atoms with van der Waals surface area (Å²) >= 11 is 0. The van der Waals surface area contributed by atoms with Crippen molar-refractivity contribution in [2.75, 3.05) is 13.2 Å². The number of aliphatic hydroxyl groups is 2. The highest BCUT2D eigenvalue weighted by Crippen LogP contribution is 2.27. The summed E-state index contributed by atoms with van der Waals surface area (Å²) in [6.45, 7) is 10.1. The second-order valence-electron chi connectivity index (χ2n) is 5.62. The molecule has 7 heteroatoms. The number of hydrogen-bond donors (Lipinski definition) is 2. The molecule has 1 saturated carbocycles. The third kappa shape index (κ3) is 9.83. The van der Waals surface area contributed by atoms with Gasteiger partial charge in [0, 0.05) is 29.4 Å². The summed E-state index contributed by atoms with van der Waals surface area (Å²) in [5, 5.41) is 21.4. The van der Waals surface area contributed by atoms with Crippen molar-refractivity contribution < 1.29 is 34.6 Å². The van der Waals surface area contributed by atoms with Crippen LogP contribution in [0.1, 0.15) is 39.5 Å². The predicted molar refractivity (Wildman–Crippen MR) is 82.5 cm³/mol. The Morgan fingerprint density at radius 1 is 0.870 bits per heavy atom. The Morgan fingerprint density at radius 3 is 1.39 bits per heavy atom. The number of aliphatic hydroxyl groups excluding tert-OH is 2. The average molecular weight is 330 g/mol. The van der Waals surface area contributed by atoms with Crippen LogP contribution in [-0.2, 0) is 24.4 Å². The molecule has 1 fully saturated rings. The molecule has 23 heavy (non-hydrogen) atoms. The van der Waals surface area contributed by atoms with E-state index < -0.39 is 11.9 Å². The van der Waals surface area contributed by atoms with E-state index in [0.717, 1.165) is 25.7 Å². The molecule has 0 bridgehead atoms. The maximum atomic E-state index is 10.6. The molecule has 0 saturated heterocycles. The summed E-state index contributed by atoms with van der Waals surface area (Å²) in [4.78, 5) is 29.3. The highest BCUT2D eigenvalue weighted by molar-refractivity contribution is 5.87. The van der Waals surface area contributed by atoms with E-state index in [1.54, 1.807) is 0 Å². The molecule has 0 aromatic heterocycles. The molecule has 0 aliphatic heterocycles. The fourth-order valence-electron chi connectivity index (χ4n) is 1.82. The van der Waals surface area contributed by atoms with Crippen LogP contribution in [0.2, 0.25) is 0 Å². The van der Waals surface area contributed by atoms with Crippen molar-refractivity contribution in [1.82, 2.24) is 0 Å². The maximum Gasteiger partial charge on any atom is 0.372 e. The summed E-state index contributed by atoms with van der Waals surface area (Å²) in [5.74, 6) is -0.588. The zero-order chi connectivity index (χ0) is 17.8. The zero-order valence-electron chi connectivity index (χ0n) is 13.7. The lowest BCUT2D eigenvalue weighted by Crippen LogP contribution is -2.19. The first-order valence-corrected chi connectivity index (χ1v) is 7.44. The molecular formula is C16H26O7. The van der Waals surface area contributed by atoms with Gasteiger partial charge in [0.15, 0.2) is 0 Å². The van der Waals surface area contributed by atoms with Gasteiger partial charge in [0.05, 0.1) is 0 Å². The second kappa shape index (κ2) is 11.8. The van der Waals surface area contributed by atoms with Crippen LogP contribution in [0.25, 0.3) is 0 Å². The van der Waals surface area contributed by atoms with E-state index in [1.165, 1.54) is 13.8 Å². The SMILES string of the molecule is C=C(C)C(=O)OOOC(=O)C(=C)C.OCC1CCC(CO)CC1. The Hall–Kier alpha value is -1.70. The molecule has 0 heterocycles. The van der Waals surface area contributed by atoms with Crippen LogP contribution in [0.3, 0.4) is 0 Å². The van der Waals surface area contributed by atoms with Crippen LogP contribution >= 0.6 is 0 Å². The van der Waals surface area contributed by atoms with Crippen LogP contribution in [0, 0.1) is 11.8 Å². The molecule has 0 unspecified atom stereocenters. The van der Waals surface area contributed by atoms with Gasteiger partial charge in [0.1, 0.15) is 0 Å². The Kier molecular flexibility index (Phi) is 10.9. The topological polar surface area (TPSA) is 102 Å². The Labute approximate surface area is 136 Å². The fraction of sp³-hybridized carbons (Fsp3) is 0.625. The summed E-state index contributed by atoms with van der Waals surface area (Å²) in [6.07, 6.45) is 4.40. The van der Waals surface area contributed by atoms with Crippen molar-refractivity contribution >= 4 is 11.9 Å². The molecule has 132 valence electrons. The van der Waals surface area contributed by atoms with Crippen molar-refractivity contribution in [1.29, 1.82) is 0 Å². The smallest absolute Gasteiger partial charge is 0.372 e. The maximum absolute atomic E-state index is 10.6. The molecular weight excluding hydrogens is 304 g/mol. The largest absolute Gasteiger partial charge is 0.396 e. The highest BCUT2D eigenvalue weighted by atomic mass is 17.5. The molecule has 0 radical (unpaired) electrons. The monoisotopic (exact) mass is 330 g/mol. The van der Waals surface area contributed by atoms with E-state index in [-0.39, 0.29) is 11.1 Å². The van der Waals surface area contributed by atoms with Crippen LogP contribution in [0.15, 0.2) is 24.3 Å². The Morgan fingerprint density at radius 2 is 1.17 bits per heavy atom. The van der Waals surface area contributed by atoms with E-state index in [2.05, 4.69) is 28.0 Å². The molecule has 7 nitrogen and oxygen atoms in total. The lowest BCUT2D eigenvalue weighted by molar-refractivity contribution is -0.456. The van der Waals surface area contributed by atoms with Crippen LogP contribution < -0.4 is 0 Å². The molecule has 2 N–H and O–H groups in total. The molecule has 0 amide bonds.